The minimum absolute atomic E-state index is 0.0879. The number of hydrazone groups is 1. The normalized spacial score (nSPS) is 10.8. The summed E-state index contributed by atoms with van der Waals surface area (Å²) in [6.45, 7) is 2.43. The monoisotopic (exact) mass is 454 g/mol. The third-order valence-electron chi connectivity index (χ3n) is 4.15. The standard InChI is InChI=1S/C22H19BrN2O4/c1-14-4-2-3-5-15(14)13-29-21-7-6-18(23)8-17(21)12-24-25-22(28)16-9-19(26)11-20(27)10-16/h2-12,26-27H,13H2,1H3,(H,25,28)/b24-12-. The lowest BCUT2D eigenvalue weighted by atomic mass is 10.1. The molecular formula is C22H19BrN2O4. The fraction of sp³-hybridized carbons (Fsp3) is 0.0909. The largest absolute Gasteiger partial charge is 0.508 e. The van der Waals surface area contributed by atoms with Crippen molar-refractivity contribution in [3.63, 3.8) is 0 Å². The number of nitrogens with zero attached hydrogens (tertiary/aromatic N) is 1. The zero-order valence-corrected chi connectivity index (χ0v) is 17.2. The number of hydrogen-bond acceptors (Lipinski definition) is 5. The first-order chi connectivity index (χ1) is 13.9. The molecule has 0 saturated heterocycles. The SMILES string of the molecule is Cc1ccccc1COc1ccc(Br)cc1/C=N\NC(=O)c1cc(O)cc(O)c1. The number of phenols is 2. The van der Waals surface area contributed by atoms with Crippen LogP contribution < -0.4 is 10.2 Å². The number of aromatic hydroxyl groups is 2. The van der Waals surface area contributed by atoms with Gasteiger partial charge in [-0.2, -0.15) is 5.10 Å². The first kappa shape index (κ1) is 20.4. The number of carbonyl (C=O) groups is 1. The van der Waals surface area contributed by atoms with Crippen LogP contribution in [0.2, 0.25) is 0 Å². The third-order valence-corrected chi connectivity index (χ3v) is 4.64. The van der Waals surface area contributed by atoms with Crippen LogP contribution in [0, 0.1) is 6.92 Å². The summed E-state index contributed by atoms with van der Waals surface area (Å²) in [6.07, 6.45) is 1.47. The Labute approximate surface area is 176 Å². The summed E-state index contributed by atoms with van der Waals surface area (Å²) in [6, 6.07) is 17.1. The number of amides is 1. The van der Waals surface area contributed by atoms with Gasteiger partial charge >= 0.3 is 0 Å². The molecule has 148 valence electrons. The second kappa shape index (κ2) is 9.25. The van der Waals surface area contributed by atoms with Crippen LogP contribution in [0.1, 0.15) is 27.0 Å². The maximum Gasteiger partial charge on any atom is 0.271 e. The van der Waals surface area contributed by atoms with Crippen LogP contribution in [0.5, 0.6) is 17.2 Å². The van der Waals surface area contributed by atoms with Gasteiger partial charge in [0.25, 0.3) is 5.91 Å². The zero-order chi connectivity index (χ0) is 20.8. The molecule has 3 aromatic carbocycles. The van der Waals surface area contributed by atoms with Crippen molar-refractivity contribution >= 4 is 28.1 Å². The number of benzene rings is 3. The minimum atomic E-state index is -0.565. The number of carbonyl (C=O) groups excluding carboxylic acids is 1. The van der Waals surface area contributed by atoms with Crippen molar-refractivity contribution < 1.29 is 19.7 Å². The van der Waals surface area contributed by atoms with Crippen LogP contribution in [0.3, 0.4) is 0 Å². The van der Waals surface area contributed by atoms with Gasteiger partial charge in [0.1, 0.15) is 23.9 Å². The van der Waals surface area contributed by atoms with Gasteiger partial charge in [-0.15, -0.1) is 0 Å². The maximum atomic E-state index is 12.2. The van der Waals surface area contributed by atoms with Crippen molar-refractivity contribution in [2.75, 3.05) is 0 Å². The molecular weight excluding hydrogens is 436 g/mol. The van der Waals surface area contributed by atoms with E-state index >= 15 is 0 Å². The quantitative estimate of drug-likeness (QED) is 0.377. The van der Waals surface area contributed by atoms with E-state index in [4.69, 9.17) is 4.74 Å². The van der Waals surface area contributed by atoms with Crippen LogP contribution in [-0.2, 0) is 6.61 Å². The second-order valence-corrected chi connectivity index (χ2v) is 7.25. The molecule has 0 aromatic heterocycles. The Bertz CT molecular complexity index is 1050. The van der Waals surface area contributed by atoms with Crippen LogP contribution in [0.15, 0.2) is 70.2 Å². The Morgan fingerprint density at radius 3 is 2.55 bits per heavy atom. The fourth-order valence-corrected chi connectivity index (χ4v) is 3.01. The second-order valence-electron chi connectivity index (χ2n) is 6.33. The van der Waals surface area contributed by atoms with E-state index in [1.165, 1.54) is 18.3 Å². The molecule has 3 N–H and O–H groups in total. The summed E-state index contributed by atoms with van der Waals surface area (Å²) in [5.41, 5.74) is 5.35. The molecule has 0 aliphatic rings. The first-order valence-corrected chi connectivity index (χ1v) is 9.55. The van der Waals surface area contributed by atoms with Crippen molar-refractivity contribution in [3.05, 3.63) is 87.4 Å². The average molecular weight is 455 g/mol. The van der Waals surface area contributed by atoms with E-state index in [0.717, 1.165) is 21.7 Å². The molecule has 0 radical (unpaired) electrons. The lowest BCUT2D eigenvalue weighted by molar-refractivity contribution is 0.0954. The first-order valence-electron chi connectivity index (χ1n) is 8.75. The predicted octanol–water partition coefficient (Wildman–Crippen LogP) is 4.51. The van der Waals surface area contributed by atoms with Crippen LogP contribution in [0.25, 0.3) is 0 Å². The smallest absolute Gasteiger partial charge is 0.271 e. The van der Waals surface area contributed by atoms with Crippen molar-refractivity contribution in [2.45, 2.75) is 13.5 Å². The molecule has 0 fully saturated rings. The molecule has 7 heteroatoms. The van der Waals surface area contributed by atoms with Crippen molar-refractivity contribution in [1.82, 2.24) is 5.43 Å². The highest BCUT2D eigenvalue weighted by Gasteiger charge is 2.08. The Morgan fingerprint density at radius 2 is 1.83 bits per heavy atom. The Morgan fingerprint density at radius 1 is 1.10 bits per heavy atom. The van der Waals surface area contributed by atoms with Gasteiger partial charge in [0.2, 0.25) is 0 Å². The summed E-state index contributed by atoms with van der Waals surface area (Å²) in [7, 11) is 0. The van der Waals surface area contributed by atoms with Gasteiger partial charge in [-0.1, -0.05) is 40.2 Å². The van der Waals surface area contributed by atoms with Gasteiger partial charge < -0.3 is 14.9 Å². The summed E-state index contributed by atoms with van der Waals surface area (Å²) in [4.78, 5) is 12.2. The van der Waals surface area contributed by atoms with E-state index in [2.05, 4.69) is 26.5 Å². The zero-order valence-electron chi connectivity index (χ0n) is 15.6. The molecule has 0 spiro atoms. The van der Waals surface area contributed by atoms with Gasteiger partial charge in [0.15, 0.2) is 0 Å². The number of phenolic OH excluding ortho intramolecular Hbond substituents is 2. The molecule has 6 nitrogen and oxygen atoms in total. The molecule has 3 rings (SSSR count). The molecule has 0 unspecified atom stereocenters. The molecule has 3 aromatic rings. The van der Waals surface area contributed by atoms with Gasteiger partial charge in [-0.3, -0.25) is 4.79 Å². The van der Waals surface area contributed by atoms with Gasteiger partial charge in [0, 0.05) is 21.7 Å². The van der Waals surface area contributed by atoms with Crippen molar-refractivity contribution in [1.29, 1.82) is 0 Å². The molecule has 0 aliphatic heterocycles. The van der Waals surface area contributed by atoms with E-state index in [9.17, 15) is 15.0 Å². The summed E-state index contributed by atoms with van der Waals surface area (Å²) in [5.74, 6) is -0.370. The summed E-state index contributed by atoms with van der Waals surface area (Å²) in [5, 5.41) is 22.9. The highest BCUT2D eigenvalue weighted by atomic mass is 79.9. The van der Waals surface area contributed by atoms with E-state index in [1.54, 1.807) is 0 Å². The molecule has 0 heterocycles. The summed E-state index contributed by atoms with van der Waals surface area (Å²) >= 11 is 3.42. The number of halogens is 1. The van der Waals surface area contributed by atoms with E-state index in [0.29, 0.717) is 17.9 Å². The lowest BCUT2D eigenvalue weighted by Gasteiger charge is -2.11. The molecule has 1 amide bonds. The highest BCUT2D eigenvalue weighted by Crippen LogP contribution is 2.23. The Kier molecular flexibility index (Phi) is 6.51. The number of rotatable bonds is 6. The topological polar surface area (TPSA) is 91.2 Å². The predicted molar refractivity (Wildman–Crippen MR) is 114 cm³/mol. The number of nitrogens with one attached hydrogen (secondary N) is 1. The molecule has 0 bridgehead atoms. The van der Waals surface area contributed by atoms with E-state index in [1.807, 2.05) is 49.4 Å². The van der Waals surface area contributed by atoms with Crippen LogP contribution in [-0.4, -0.2) is 22.3 Å². The molecule has 0 aliphatic carbocycles. The average Bonchev–Trinajstić information content (AvgIpc) is 2.67. The van der Waals surface area contributed by atoms with E-state index < -0.39 is 5.91 Å². The minimum Gasteiger partial charge on any atom is -0.508 e. The Balaban J connectivity index is 1.72. The third kappa shape index (κ3) is 5.58. The van der Waals surface area contributed by atoms with E-state index in [-0.39, 0.29) is 17.1 Å². The maximum absolute atomic E-state index is 12.2. The number of aryl methyl sites for hydroxylation is 1. The lowest BCUT2D eigenvalue weighted by Crippen LogP contribution is -2.17. The fourth-order valence-electron chi connectivity index (χ4n) is 2.63. The highest BCUT2D eigenvalue weighted by molar-refractivity contribution is 9.10. The molecule has 29 heavy (non-hydrogen) atoms. The number of hydrogen-bond donors (Lipinski definition) is 3. The van der Waals surface area contributed by atoms with Gasteiger partial charge in [-0.25, -0.2) is 5.43 Å². The Hall–Kier alpha value is -3.32. The van der Waals surface area contributed by atoms with Gasteiger partial charge in [0.05, 0.1) is 6.21 Å². The van der Waals surface area contributed by atoms with Crippen molar-refractivity contribution in [3.8, 4) is 17.2 Å². The molecule has 0 atom stereocenters. The van der Waals surface area contributed by atoms with Crippen molar-refractivity contribution in [2.24, 2.45) is 5.10 Å². The summed E-state index contributed by atoms with van der Waals surface area (Å²) < 4.78 is 6.78. The van der Waals surface area contributed by atoms with Crippen LogP contribution >= 0.6 is 15.9 Å². The van der Waals surface area contributed by atoms with Crippen LogP contribution in [0.4, 0.5) is 0 Å². The van der Waals surface area contributed by atoms with Gasteiger partial charge in [-0.05, 0) is 48.4 Å². The number of ether oxygens (including phenoxy) is 1. The molecule has 0 saturated carbocycles.